The van der Waals surface area contributed by atoms with Crippen LogP contribution in [0.15, 0.2) is 36.9 Å². The topological polar surface area (TPSA) is 42.7 Å². The Morgan fingerprint density at radius 1 is 1.22 bits per heavy atom. The summed E-state index contributed by atoms with van der Waals surface area (Å²) in [5.41, 5.74) is 1.55. The number of rotatable bonds is 4. The molecular weight excluding hydrogens is 245 g/mol. The molecule has 2 aromatic rings. The number of nitrogens with one attached hydrogen (secondary N) is 1. The minimum atomic E-state index is -4.26. The fourth-order valence-electron chi connectivity index (χ4n) is 1.43. The van der Waals surface area contributed by atoms with Crippen LogP contribution in [-0.2, 0) is 13.1 Å². The number of nitrogens with zero attached hydrogens (tertiary/aromatic N) is 3. The molecule has 2 aromatic heterocycles. The molecule has 18 heavy (non-hydrogen) atoms. The fourth-order valence-corrected chi connectivity index (χ4v) is 1.43. The van der Waals surface area contributed by atoms with Gasteiger partial charge in [0, 0.05) is 25.1 Å². The number of anilines is 1. The van der Waals surface area contributed by atoms with E-state index in [9.17, 15) is 13.2 Å². The van der Waals surface area contributed by atoms with Gasteiger partial charge in [-0.05, 0) is 17.7 Å². The molecule has 0 aliphatic rings. The van der Waals surface area contributed by atoms with Gasteiger partial charge in [-0.15, -0.1) is 0 Å². The van der Waals surface area contributed by atoms with Crippen LogP contribution >= 0.6 is 0 Å². The van der Waals surface area contributed by atoms with E-state index in [2.05, 4.69) is 15.4 Å². The average Bonchev–Trinajstić information content (AvgIpc) is 2.73. The van der Waals surface area contributed by atoms with Crippen LogP contribution in [0.2, 0.25) is 0 Å². The van der Waals surface area contributed by atoms with Gasteiger partial charge in [0.2, 0.25) is 0 Å². The third-order valence-electron chi connectivity index (χ3n) is 2.22. The minimum absolute atomic E-state index is 0.514. The Balaban J connectivity index is 1.91. The van der Waals surface area contributed by atoms with Crippen molar-refractivity contribution in [2.75, 3.05) is 5.32 Å². The molecule has 0 aliphatic heterocycles. The summed E-state index contributed by atoms with van der Waals surface area (Å²) in [5.74, 6) is 0. The number of halogens is 3. The summed E-state index contributed by atoms with van der Waals surface area (Å²) >= 11 is 0. The van der Waals surface area contributed by atoms with E-state index in [-0.39, 0.29) is 0 Å². The smallest absolute Gasteiger partial charge is 0.378 e. The Kier molecular flexibility index (Phi) is 3.50. The van der Waals surface area contributed by atoms with E-state index in [4.69, 9.17) is 0 Å². The fraction of sp³-hybridized carbons (Fsp3) is 0.273. The van der Waals surface area contributed by atoms with Crippen LogP contribution in [0, 0.1) is 0 Å². The highest BCUT2D eigenvalue weighted by atomic mass is 19.4. The van der Waals surface area contributed by atoms with E-state index in [1.54, 1.807) is 12.4 Å². The van der Waals surface area contributed by atoms with Gasteiger partial charge in [0.05, 0.1) is 11.9 Å². The van der Waals surface area contributed by atoms with E-state index >= 15 is 0 Å². The molecule has 0 radical (unpaired) electrons. The van der Waals surface area contributed by atoms with Crippen LogP contribution in [0.3, 0.4) is 0 Å². The zero-order valence-corrected chi connectivity index (χ0v) is 9.35. The van der Waals surface area contributed by atoms with Crippen LogP contribution in [0.5, 0.6) is 0 Å². The van der Waals surface area contributed by atoms with Gasteiger partial charge in [-0.2, -0.15) is 18.3 Å². The van der Waals surface area contributed by atoms with Crippen molar-refractivity contribution in [3.8, 4) is 0 Å². The van der Waals surface area contributed by atoms with Crippen molar-refractivity contribution in [1.29, 1.82) is 0 Å². The first-order valence-corrected chi connectivity index (χ1v) is 5.25. The third kappa shape index (κ3) is 3.76. The standard InChI is InChI=1S/C11H11F3N4/c12-11(13,14)8-18-7-10(6-17-18)16-5-9-1-3-15-4-2-9/h1-4,6-7,16H,5,8H2. The second kappa shape index (κ2) is 5.07. The Morgan fingerprint density at radius 2 is 1.94 bits per heavy atom. The van der Waals surface area contributed by atoms with E-state index in [1.807, 2.05) is 12.1 Å². The number of hydrogen-bond acceptors (Lipinski definition) is 3. The summed E-state index contributed by atoms with van der Waals surface area (Å²) in [6, 6.07) is 3.65. The molecule has 2 rings (SSSR count). The highest BCUT2D eigenvalue weighted by Crippen LogP contribution is 2.18. The van der Waals surface area contributed by atoms with Crippen LogP contribution in [0.4, 0.5) is 18.9 Å². The molecule has 0 spiro atoms. The molecule has 0 amide bonds. The van der Waals surface area contributed by atoms with Gasteiger partial charge in [-0.3, -0.25) is 9.67 Å². The summed E-state index contributed by atoms with van der Waals surface area (Å²) in [6.07, 6.45) is 1.75. The first-order valence-electron chi connectivity index (χ1n) is 5.25. The summed E-state index contributed by atoms with van der Waals surface area (Å²) in [6.45, 7) is -0.565. The number of aromatic nitrogens is 3. The summed E-state index contributed by atoms with van der Waals surface area (Å²) in [4.78, 5) is 3.88. The van der Waals surface area contributed by atoms with Crippen molar-refractivity contribution in [2.45, 2.75) is 19.3 Å². The maximum absolute atomic E-state index is 12.1. The average molecular weight is 256 g/mol. The normalized spacial score (nSPS) is 11.5. The minimum Gasteiger partial charge on any atom is -0.378 e. The molecule has 7 heteroatoms. The van der Waals surface area contributed by atoms with Crippen LogP contribution in [0.25, 0.3) is 0 Å². The Bertz CT molecular complexity index is 492. The summed E-state index contributed by atoms with van der Waals surface area (Å²) in [5, 5.41) is 6.62. The molecule has 0 aromatic carbocycles. The van der Waals surface area contributed by atoms with Gasteiger partial charge >= 0.3 is 6.18 Å². The third-order valence-corrected chi connectivity index (χ3v) is 2.22. The lowest BCUT2D eigenvalue weighted by atomic mass is 10.3. The second-order valence-corrected chi connectivity index (χ2v) is 3.75. The lowest BCUT2D eigenvalue weighted by molar-refractivity contribution is -0.142. The number of alkyl halides is 3. The molecule has 0 bridgehead atoms. The van der Waals surface area contributed by atoms with E-state index in [0.29, 0.717) is 12.2 Å². The number of hydrogen-bond donors (Lipinski definition) is 1. The highest BCUT2D eigenvalue weighted by molar-refractivity contribution is 5.38. The van der Waals surface area contributed by atoms with Gasteiger partial charge in [0.25, 0.3) is 0 Å². The molecule has 4 nitrogen and oxygen atoms in total. The van der Waals surface area contributed by atoms with Crippen LogP contribution < -0.4 is 5.32 Å². The molecule has 0 atom stereocenters. The Hall–Kier alpha value is -2.05. The Morgan fingerprint density at radius 3 is 2.61 bits per heavy atom. The predicted molar refractivity (Wildman–Crippen MR) is 59.8 cm³/mol. The van der Waals surface area contributed by atoms with Crippen molar-refractivity contribution in [2.24, 2.45) is 0 Å². The van der Waals surface area contributed by atoms with Crippen LogP contribution in [-0.4, -0.2) is 20.9 Å². The summed E-state index contributed by atoms with van der Waals surface area (Å²) < 4.78 is 37.2. The van der Waals surface area contributed by atoms with Gasteiger partial charge in [-0.1, -0.05) is 0 Å². The maximum atomic E-state index is 12.1. The zero-order chi connectivity index (χ0) is 13.0. The first kappa shape index (κ1) is 12.4. The molecule has 0 unspecified atom stereocenters. The molecule has 0 saturated carbocycles. The zero-order valence-electron chi connectivity index (χ0n) is 9.35. The predicted octanol–water partition coefficient (Wildman–Crippen LogP) is 2.45. The quantitative estimate of drug-likeness (QED) is 0.913. The molecular formula is C11H11F3N4. The van der Waals surface area contributed by atoms with E-state index in [0.717, 1.165) is 10.2 Å². The van der Waals surface area contributed by atoms with Crippen molar-refractivity contribution in [3.63, 3.8) is 0 Å². The number of pyridine rings is 1. The largest absolute Gasteiger partial charge is 0.408 e. The second-order valence-electron chi connectivity index (χ2n) is 3.75. The van der Waals surface area contributed by atoms with Gasteiger partial charge in [-0.25, -0.2) is 0 Å². The summed E-state index contributed by atoms with van der Waals surface area (Å²) in [7, 11) is 0. The van der Waals surface area contributed by atoms with E-state index in [1.165, 1.54) is 12.4 Å². The first-order chi connectivity index (χ1) is 8.53. The lowest BCUT2D eigenvalue weighted by Gasteiger charge is -2.05. The maximum Gasteiger partial charge on any atom is 0.408 e. The molecule has 2 heterocycles. The van der Waals surface area contributed by atoms with Crippen LogP contribution in [0.1, 0.15) is 5.56 Å². The van der Waals surface area contributed by atoms with E-state index < -0.39 is 12.7 Å². The SMILES string of the molecule is FC(F)(F)Cn1cc(NCc2ccncc2)cn1. The molecule has 0 saturated heterocycles. The van der Waals surface area contributed by atoms with Crippen molar-refractivity contribution in [1.82, 2.24) is 14.8 Å². The highest BCUT2D eigenvalue weighted by Gasteiger charge is 2.28. The molecule has 0 fully saturated rings. The van der Waals surface area contributed by atoms with Gasteiger partial charge < -0.3 is 5.32 Å². The molecule has 96 valence electrons. The van der Waals surface area contributed by atoms with Crippen molar-refractivity contribution < 1.29 is 13.2 Å². The molecule has 0 aliphatic carbocycles. The van der Waals surface area contributed by atoms with Crippen molar-refractivity contribution in [3.05, 3.63) is 42.5 Å². The molecule has 1 N–H and O–H groups in total. The Labute approximate surface area is 101 Å². The lowest BCUT2D eigenvalue weighted by Crippen LogP contribution is -2.17. The monoisotopic (exact) mass is 256 g/mol. The van der Waals surface area contributed by atoms with Crippen molar-refractivity contribution >= 4 is 5.69 Å². The van der Waals surface area contributed by atoms with Gasteiger partial charge in [0.1, 0.15) is 6.54 Å². The van der Waals surface area contributed by atoms with Gasteiger partial charge in [0.15, 0.2) is 0 Å².